The molecule has 4 nitrogen and oxygen atoms in total. The number of hydrogen-bond donors (Lipinski definition) is 1. The molecule has 1 N–H and O–H groups in total. The zero-order valence-corrected chi connectivity index (χ0v) is 12.1. The highest BCUT2D eigenvalue weighted by Crippen LogP contribution is 2.28. The standard InChI is InChI=1S/C15H19F2NO3/c1-15(14(19)20-2,18-9-10-5-4-8-21-10)13-11(16)6-3-7-12(13)17/h3,6-7,10,18H,4-5,8-9H2,1-2H3. The van der Waals surface area contributed by atoms with E-state index in [0.29, 0.717) is 13.2 Å². The van der Waals surface area contributed by atoms with Crippen molar-refractivity contribution in [2.75, 3.05) is 20.3 Å². The summed E-state index contributed by atoms with van der Waals surface area (Å²) in [6, 6.07) is 3.49. The highest BCUT2D eigenvalue weighted by Gasteiger charge is 2.41. The van der Waals surface area contributed by atoms with Crippen molar-refractivity contribution in [3.63, 3.8) is 0 Å². The van der Waals surface area contributed by atoms with E-state index in [2.05, 4.69) is 5.32 Å². The topological polar surface area (TPSA) is 47.6 Å². The van der Waals surface area contributed by atoms with Gasteiger partial charge in [-0.1, -0.05) is 6.07 Å². The number of methoxy groups -OCH3 is 1. The van der Waals surface area contributed by atoms with E-state index in [9.17, 15) is 13.6 Å². The molecule has 0 saturated carbocycles. The first-order valence-electron chi connectivity index (χ1n) is 6.88. The molecule has 2 unspecified atom stereocenters. The zero-order chi connectivity index (χ0) is 15.5. The Morgan fingerprint density at radius 2 is 2.14 bits per heavy atom. The van der Waals surface area contributed by atoms with Crippen LogP contribution in [0.25, 0.3) is 0 Å². The molecule has 0 bridgehead atoms. The molecule has 1 fully saturated rings. The highest BCUT2D eigenvalue weighted by molar-refractivity contribution is 5.82. The van der Waals surface area contributed by atoms with Crippen molar-refractivity contribution >= 4 is 5.97 Å². The van der Waals surface area contributed by atoms with Crippen LogP contribution in [0, 0.1) is 11.6 Å². The smallest absolute Gasteiger partial charge is 0.330 e. The largest absolute Gasteiger partial charge is 0.467 e. The maximum Gasteiger partial charge on any atom is 0.330 e. The first-order chi connectivity index (χ1) is 9.99. The summed E-state index contributed by atoms with van der Waals surface area (Å²) in [6.07, 6.45) is 1.73. The van der Waals surface area contributed by atoms with E-state index in [-0.39, 0.29) is 11.7 Å². The summed E-state index contributed by atoms with van der Waals surface area (Å²) in [7, 11) is 1.19. The number of carbonyl (C=O) groups is 1. The lowest BCUT2D eigenvalue weighted by Gasteiger charge is -2.30. The fourth-order valence-electron chi connectivity index (χ4n) is 2.57. The third-order valence-electron chi connectivity index (χ3n) is 3.76. The molecule has 6 heteroatoms. The predicted molar refractivity (Wildman–Crippen MR) is 72.7 cm³/mol. The average Bonchev–Trinajstić information content (AvgIpc) is 2.97. The van der Waals surface area contributed by atoms with Gasteiger partial charge < -0.3 is 9.47 Å². The van der Waals surface area contributed by atoms with Gasteiger partial charge in [0.15, 0.2) is 0 Å². The lowest BCUT2D eigenvalue weighted by atomic mass is 9.90. The van der Waals surface area contributed by atoms with Gasteiger partial charge in [0, 0.05) is 13.2 Å². The number of esters is 1. The predicted octanol–water partition coefficient (Wildman–Crippen LogP) is 2.12. The normalized spacial score (nSPS) is 21.0. The summed E-state index contributed by atoms with van der Waals surface area (Å²) < 4.78 is 38.2. The van der Waals surface area contributed by atoms with Crippen molar-refractivity contribution in [1.82, 2.24) is 5.32 Å². The van der Waals surface area contributed by atoms with E-state index in [1.807, 2.05) is 0 Å². The van der Waals surface area contributed by atoms with Gasteiger partial charge in [0.1, 0.15) is 17.2 Å². The second kappa shape index (κ2) is 6.49. The van der Waals surface area contributed by atoms with Crippen LogP contribution in [0.5, 0.6) is 0 Å². The van der Waals surface area contributed by atoms with E-state index in [0.717, 1.165) is 25.0 Å². The van der Waals surface area contributed by atoms with Gasteiger partial charge in [-0.3, -0.25) is 5.32 Å². The summed E-state index contributed by atoms with van der Waals surface area (Å²) in [6.45, 7) is 2.39. The Labute approximate surface area is 122 Å². The van der Waals surface area contributed by atoms with Crippen molar-refractivity contribution in [3.8, 4) is 0 Å². The van der Waals surface area contributed by atoms with Crippen LogP contribution in [0.15, 0.2) is 18.2 Å². The summed E-state index contributed by atoms with van der Waals surface area (Å²) in [5.41, 5.74) is -1.94. The van der Waals surface area contributed by atoms with E-state index < -0.39 is 23.1 Å². The van der Waals surface area contributed by atoms with E-state index >= 15 is 0 Å². The van der Waals surface area contributed by atoms with Gasteiger partial charge in [-0.05, 0) is 31.9 Å². The second-order valence-electron chi connectivity index (χ2n) is 5.23. The Morgan fingerprint density at radius 3 is 2.67 bits per heavy atom. The lowest BCUT2D eigenvalue weighted by Crippen LogP contribution is -2.51. The Kier molecular flexibility index (Phi) is 4.90. The number of nitrogens with one attached hydrogen (secondary N) is 1. The minimum absolute atomic E-state index is 0.0659. The number of benzene rings is 1. The molecular weight excluding hydrogens is 280 g/mol. The Bertz CT molecular complexity index is 497. The first-order valence-corrected chi connectivity index (χ1v) is 6.88. The number of rotatable bonds is 5. The van der Waals surface area contributed by atoms with Gasteiger partial charge in [-0.25, -0.2) is 13.6 Å². The van der Waals surface area contributed by atoms with Gasteiger partial charge >= 0.3 is 5.97 Å². The molecule has 2 atom stereocenters. The fourth-order valence-corrected chi connectivity index (χ4v) is 2.57. The average molecular weight is 299 g/mol. The molecule has 0 spiro atoms. The molecule has 0 radical (unpaired) electrons. The van der Waals surface area contributed by atoms with Crippen molar-refractivity contribution in [2.45, 2.75) is 31.4 Å². The van der Waals surface area contributed by atoms with Gasteiger partial charge in [0.25, 0.3) is 0 Å². The van der Waals surface area contributed by atoms with Crippen LogP contribution < -0.4 is 5.32 Å². The van der Waals surface area contributed by atoms with Crippen LogP contribution in [0.3, 0.4) is 0 Å². The molecule has 0 amide bonds. The molecule has 21 heavy (non-hydrogen) atoms. The van der Waals surface area contributed by atoms with Crippen molar-refractivity contribution in [2.24, 2.45) is 0 Å². The number of halogens is 2. The second-order valence-corrected chi connectivity index (χ2v) is 5.23. The molecule has 1 saturated heterocycles. The summed E-state index contributed by atoms with van der Waals surface area (Å²) in [4.78, 5) is 12.1. The van der Waals surface area contributed by atoms with Crippen LogP contribution >= 0.6 is 0 Å². The summed E-state index contributed by atoms with van der Waals surface area (Å²) >= 11 is 0. The lowest BCUT2D eigenvalue weighted by molar-refractivity contribution is -0.148. The van der Waals surface area contributed by atoms with E-state index in [4.69, 9.17) is 9.47 Å². The van der Waals surface area contributed by atoms with Gasteiger partial charge in [0.2, 0.25) is 0 Å². The van der Waals surface area contributed by atoms with Crippen molar-refractivity contribution < 1.29 is 23.0 Å². The van der Waals surface area contributed by atoms with Crippen LogP contribution in [0.2, 0.25) is 0 Å². The van der Waals surface area contributed by atoms with E-state index in [1.54, 1.807) is 0 Å². The van der Waals surface area contributed by atoms with Crippen molar-refractivity contribution in [1.29, 1.82) is 0 Å². The van der Waals surface area contributed by atoms with Crippen LogP contribution in [-0.2, 0) is 19.8 Å². The molecule has 0 aliphatic carbocycles. The van der Waals surface area contributed by atoms with Gasteiger partial charge in [-0.15, -0.1) is 0 Å². The molecule has 1 aromatic rings. The zero-order valence-electron chi connectivity index (χ0n) is 12.1. The number of hydrogen-bond acceptors (Lipinski definition) is 4. The highest BCUT2D eigenvalue weighted by atomic mass is 19.1. The Hall–Kier alpha value is -1.53. The molecule has 1 aromatic carbocycles. The van der Waals surface area contributed by atoms with Crippen LogP contribution in [0.4, 0.5) is 8.78 Å². The molecule has 1 aliphatic heterocycles. The maximum atomic E-state index is 14.0. The third kappa shape index (κ3) is 3.22. The van der Waals surface area contributed by atoms with Gasteiger partial charge in [0.05, 0.1) is 18.8 Å². The van der Waals surface area contributed by atoms with Crippen LogP contribution in [-0.4, -0.2) is 32.3 Å². The third-order valence-corrected chi connectivity index (χ3v) is 3.76. The number of ether oxygens (including phenoxy) is 2. The Balaban J connectivity index is 2.29. The minimum Gasteiger partial charge on any atom is -0.467 e. The molecule has 1 aliphatic rings. The molecular formula is C15H19F2NO3. The maximum absolute atomic E-state index is 14.0. The quantitative estimate of drug-likeness (QED) is 0.846. The molecule has 116 valence electrons. The molecule has 1 heterocycles. The molecule has 0 aromatic heterocycles. The minimum atomic E-state index is -1.60. The van der Waals surface area contributed by atoms with E-state index in [1.165, 1.54) is 20.1 Å². The van der Waals surface area contributed by atoms with Crippen LogP contribution in [0.1, 0.15) is 25.3 Å². The monoisotopic (exact) mass is 299 g/mol. The molecule has 2 rings (SSSR count). The fraction of sp³-hybridized carbons (Fsp3) is 0.533. The first kappa shape index (κ1) is 15.9. The summed E-state index contributed by atoms with van der Waals surface area (Å²) in [5.74, 6) is -2.32. The SMILES string of the molecule is COC(=O)C(C)(NCC1CCCO1)c1c(F)cccc1F. The van der Waals surface area contributed by atoms with Gasteiger partial charge in [-0.2, -0.15) is 0 Å². The van der Waals surface area contributed by atoms with Crippen molar-refractivity contribution in [3.05, 3.63) is 35.4 Å². The summed E-state index contributed by atoms with van der Waals surface area (Å²) in [5, 5.41) is 2.91. The number of carbonyl (C=O) groups excluding carboxylic acids is 1. The Morgan fingerprint density at radius 1 is 1.48 bits per heavy atom.